The first-order valence-corrected chi connectivity index (χ1v) is 10.6. The summed E-state index contributed by atoms with van der Waals surface area (Å²) in [5, 5.41) is 13.5. The molecule has 35 heavy (non-hydrogen) atoms. The highest BCUT2D eigenvalue weighted by Gasteiger charge is 2.13. The fraction of sp³-hybridized carbons (Fsp3) is 0.148. The maximum absolute atomic E-state index is 12.4. The Morgan fingerprint density at radius 1 is 0.829 bits per heavy atom. The molecule has 8 heteroatoms. The second-order valence-electron chi connectivity index (χ2n) is 7.38. The van der Waals surface area contributed by atoms with Crippen molar-refractivity contribution in [3.05, 3.63) is 77.5 Å². The first-order valence-electron chi connectivity index (χ1n) is 10.6. The molecule has 0 aromatic heterocycles. The van der Waals surface area contributed by atoms with E-state index >= 15 is 0 Å². The molecule has 4 N–H and O–H groups in total. The molecular formula is C27H28N2O6. The number of nitrogen functional groups attached to an aromatic ring is 1. The third-order valence-corrected chi connectivity index (χ3v) is 5.12. The molecule has 0 heterocycles. The Morgan fingerprint density at radius 2 is 1.40 bits per heavy atom. The minimum Gasteiger partial charge on any atom is -0.504 e. The van der Waals surface area contributed by atoms with Gasteiger partial charge < -0.3 is 35.1 Å². The average Bonchev–Trinajstić information content (AvgIpc) is 2.86. The molecule has 0 unspecified atom stereocenters. The van der Waals surface area contributed by atoms with E-state index in [2.05, 4.69) is 5.32 Å². The zero-order valence-electron chi connectivity index (χ0n) is 20.0. The molecule has 0 radical (unpaired) electrons. The van der Waals surface area contributed by atoms with Crippen LogP contribution in [0.5, 0.6) is 28.7 Å². The molecule has 3 rings (SSSR count). The van der Waals surface area contributed by atoms with E-state index in [1.54, 1.807) is 57.7 Å². The monoisotopic (exact) mass is 476 g/mol. The lowest BCUT2D eigenvalue weighted by molar-refractivity contribution is 0.104. The number of carbonyl (C=O) groups excluding carboxylic acids is 1. The van der Waals surface area contributed by atoms with Crippen molar-refractivity contribution in [2.24, 2.45) is 0 Å². The molecule has 0 fully saturated rings. The molecule has 0 aliphatic heterocycles. The molecule has 3 aromatic carbocycles. The van der Waals surface area contributed by atoms with Gasteiger partial charge in [-0.3, -0.25) is 4.79 Å². The summed E-state index contributed by atoms with van der Waals surface area (Å²) in [7, 11) is 6.10. The molecule has 0 amide bonds. The summed E-state index contributed by atoms with van der Waals surface area (Å²) in [6.07, 6.45) is 6.54. The van der Waals surface area contributed by atoms with Gasteiger partial charge in [0, 0.05) is 23.5 Å². The minimum atomic E-state index is -0.195. The number of aromatic hydroxyl groups is 1. The standard InChI is InChI=1S/C27H28N2O6/c1-32-24-15-18(16-25(33-2)27(24)35-4)6-5-17-13-21(26(34-3)23(31)14-17)29-12-11-22(30)19-7-9-20(28)10-8-19/h5-16,29,31H,28H2,1-4H3. The van der Waals surface area contributed by atoms with Crippen molar-refractivity contribution in [2.75, 3.05) is 39.5 Å². The van der Waals surface area contributed by atoms with Crippen LogP contribution in [-0.4, -0.2) is 39.3 Å². The van der Waals surface area contributed by atoms with Gasteiger partial charge in [0.15, 0.2) is 28.8 Å². The van der Waals surface area contributed by atoms with Crippen molar-refractivity contribution in [3.8, 4) is 28.7 Å². The van der Waals surface area contributed by atoms with Crippen molar-refractivity contribution in [3.63, 3.8) is 0 Å². The van der Waals surface area contributed by atoms with Crippen LogP contribution < -0.4 is 30.0 Å². The normalized spacial score (nSPS) is 11.0. The molecule has 0 atom stereocenters. The third-order valence-electron chi connectivity index (χ3n) is 5.12. The first-order chi connectivity index (χ1) is 16.9. The van der Waals surface area contributed by atoms with E-state index in [1.165, 1.54) is 19.4 Å². The zero-order valence-corrected chi connectivity index (χ0v) is 20.0. The Bertz CT molecular complexity index is 1220. The Morgan fingerprint density at radius 3 is 1.94 bits per heavy atom. The highest BCUT2D eigenvalue weighted by Crippen LogP contribution is 2.39. The summed E-state index contributed by atoms with van der Waals surface area (Å²) in [6.45, 7) is 0. The predicted molar refractivity (Wildman–Crippen MR) is 138 cm³/mol. The zero-order chi connectivity index (χ0) is 25.4. The number of nitrogens with two attached hydrogens (primary N) is 1. The molecule has 0 bridgehead atoms. The predicted octanol–water partition coefficient (Wildman–Crippen LogP) is 4.99. The van der Waals surface area contributed by atoms with Gasteiger partial charge in [-0.25, -0.2) is 0 Å². The number of rotatable bonds is 10. The molecule has 0 aliphatic carbocycles. The molecule has 0 spiro atoms. The smallest absolute Gasteiger partial charge is 0.203 e. The Balaban J connectivity index is 1.85. The van der Waals surface area contributed by atoms with Gasteiger partial charge in [0.2, 0.25) is 5.75 Å². The second-order valence-corrected chi connectivity index (χ2v) is 7.38. The van der Waals surface area contributed by atoms with Crippen LogP contribution in [0.1, 0.15) is 21.5 Å². The number of phenols is 1. The van der Waals surface area contributed by atoms with Gasteiger partial charge in [-0.1, -0.05) is 12.2 Å². The van der Waals surface area contributed by atoms with Crippen LogP contribution >= 0.6 is 0 Å². The number of benzene rings is 3. The van der Waals surface area contributed by atoms with E-state index < -0.39 is 0 Å². The highest BCUT2D eigenvalue weighted by molar-refractivity contribution is 6.04. The molecule has 3 aromatic rings. The number of hydrogen-bond donors (Lipinski definition) is 3. The van der Waals surface area contributed by atoms with Crippen molar-refractivity contribution >= 4 is 29.3 Å². The van der Waals surface area contributed by atoms with E-state index in [0.717, 1.165) is 5.56 Å². The number of carbonyl (C=O) groups is 1. The summed E-state index contributed by atoms with van der Waals surface area (Å²) >= 11 is 0. The van der Waals surface area contributed by atoms with Crippen LogP contribution in [0.25, 0.3) is 12.2 Å². The molecule has 0 saturated heterocycles. The molecular weight excluding hydrogens is 448 g/mol. The number of anilines is 2. The second kappa shape index (κ2) is 11.5. The average molecular weight is 477 g/mol. The van der Waals surface area contributed by atoms with Crippen molar-refractivity contribution in [1.82, 2.24) is 0 Å². The lowest BCUT2D eigenvalue weighted by Crippen LogP contribution is -1.98. The number of allylic oxidation sites excluding steroid dienone is 1. The minimum absolute atomic E-state index is 0.0553. The van der Waals surface area contributed by atoms with Crippen molar-refractivity contribution in [2.45, 2.75) is 0 Å². The van der Waals surface area contributed by atoms with Crippen LogP contribution in [0.2, 0.25) is 0 Å². The van der Waals surface area contributed by atoms with Gasteiger partial charge in [0.25, 0.3) is 0 Å². The quantitative estimate of drug-likeness (QED) is 0.162. The number of ether oxygens (including phenoxy) is 4. The van der Waals surface area contributed by atoms with E-state index in [-0.39, 0.29) is 17.3 Å². The van der Waals surface area contributed by atoms with Gasteiger partial charge >= 0.3 is 0 Å². The van der Waals surface area contributed by atoms with Gasteiger partial charge in [-0.15, -0.1) is 0 Å². The fourth-order valence-corrected chi connectivity index (χ4v) is 3.39. The van der Waals surface area contributed by atoms with Gasteiger partial charge in [-0.05, 0) is 59.7 Å². The Kier molecular flexibility index (Phi) is 8.24. The van der Waals surface area contributed by atoms with Gasteiger partial charge in [0.1, 0.15) is 0 Å². The summed E-state index contributed by atoms with van der Waals surface area (Å²) < 4.78 is 21.5. The molecule has 8 nitrogen and oxygen atoms in total. The van der Waals surface area contributed by atoms with Gasteiger partial charge in [-0.2, -0.15) is 0 Å². The summed E-state index contributed by atoms with van der Waals surface area (Å²) in [4.78, 5) is 12.4. The van der Waals surface area contributed by atoms with Crippen LogP contribution in [0.4, 0.5) is 11.4 Å². The SMILES string of the molecule is COc1cc(C=Cc2cc(O)c(OC)c(NC=CC(=O)c3ccc(N)cc3)c2)cc(OC)c1OC. The fourth-order valence-electron chi connectivity index (χ4n) is 3.39. The highest BCUT2D eigenvalue weighted by atomic mass is 16.5. The number of nitrogens with one attached hydrogen (secondary N) is 1. The lowest BCUT2D eigenvalue weighted by atomic mass is 10.1. The first kappa shape index (κ1) is 25.0. The van der Waals surface area contributed by atoms with E-state index in [9.17, 15) is 9.90 Å². The maximum Gasteiger partial charge on any atom is 0.203 e. The maximum atomic E-state index is 12.4. The molecule has 0 aliphatic rings. The summed E-state index contributed by atoms with van der Waals surface area (Å²) in [5.74, 6) is 1.56. The molecule has 182 valence electrons. The van der Waals surface area contributed by atoms with Crippen LogP contribution in [0, 0.1) is 0 Å². The largest absolute Gasteiger partial charge is 0.504 e. The van der Waals surface area contributed by atoms with E-state index in [4.69, 9.17) is 24.7 Å². The van der Waals surface area contributed by atoms with Gasteiger partial charge in [0.05, 0.1) is 34.1 Å². The number of hydrogen-bond acceptors (Lipinski definition) is 8. The van der Waals surface area contributed by atoms with Crippen molar-refractivity contribution in [1.29, 1.82) is 0 Å². The topological polar surface area (TPSA) is 112 Å². The Labute approximate surface area is 204 Å². The summed E-state index contributed by atoms with van der Waals surface area (Å²) in [6, 6.07) is 13.6. The number of phenolic OH excluding ortho intramolecular Hbond substituents is 1. The van der Waals surface area contributed by atoms with E-state index in [0.29, 0.717) is 39.8 Å². The van der Waals surface area contributed by atoms with Crippen molar-refractivity contribution < 1.29 is 28.8 Å². The van der Waals surface area contributed by atoms with Crippen LogP contribution in [0.3, 0.4) is 0 Å². The third kappa shape index (κ3) is 6.05. The molecule has 0 saturated carbocycles. The Hall–Kier alpha value is -4.59. The van der Waals surface area contributed by atoms with Crippen LogP contribution in [-0.2, 0) is 0 Å². The summed E-state index contributed by atoms with van der Waals surface area (Å²) in [5.41, 5.74) is 8.74. The lowest BCUT2D eigenvalue weighted by Gasteiger charge is -2.13. The van der Waals surface area contributed by atoms with E-state index in [1.807, 2.05) is 24.3 Å². The van der Waals surface area contributed by atoms with Crippen LogP contribution in [0.15, 0.2) is 60.8 Å². The number of ketones is 1. The number of methoxy groups -OCH3 is 4.